The Morgan fingerprint density at radius 3 is 2.80 bits per heavy atom. The number of aromatic amines is 1. The fraction of sp³-hybridized carbons (Fsp3) is 0.158. The molecule has 2 N–H and O–H groups in total. The molecule has 1 amide bonds. The van der Waals surface area contributed by atoms with Crippen LogP contribution in [0.4, 0.5) is 5.69 Å². The van der Waals surface area contributed by atoms with Crippen molar-refractivity contribution in [1.82, 2.24) is 9.88 Å². The molecule has 5 nitrogen and oxygen atoms in total. The lowest BCUT2D eigenvalue weighted by molar-refractivity contribution is 0.0827. The summed E-state index contributed by atoms with van der Waals surface area (Å²) in [4.78, 5) is 17.7. The molecule has 0 aliphatic carbocycles. The third-order valence-electron chi connectivity index (χ3n) is 3.93. The largest absolute Gasteiger partial charge is 0.358 e. The van der Waals surface area contributed by atoms with Crippen LogP contribution < -0.4 is 4.72 Å². The predicted molar refractivity (Wildman–Crippen MR) is 102 cm³/mol. The molecule has 3 rings (SSSR count). The number of hydrogen-bond acceptors (Lipinski definition) is 4. The Labute approximate surface area is 150 Å². The standard InChI is InChI=1S/C19H18N4OS/c1-12-7-8-16(18-17(12)14(10-20)11-21-18)22-25-15-6-4-5-13(9-15)19(24)23(2)3/h4-9,11,21-22H,1-3H3. The van der Waals surface area contributed by atoms with Gasteiger partial charge >= 0.3 is 0 Å². The van der Waals surface area contributed by atoms with E-state index in [1.807, 2.05) is 37.3 Å². The topological polar surface area (TPSA) is 71.9 Å². The maximum absolute atomic E-state index is 12.1. The fourth-order valence-corrected chi connectivity index (χ4v) is 3.39. The first kappa shape index (κ1) is 16.9. The van der Waals surface area contributed by atoms with Gasteiger partial charge in [0.15, 0.2) is 0 Å². The second-order valence-corrected chi connectivity index (χ2v) is 6.81. The molecule has 0 atom stereocenters. The van der Waals surface area contributed by atoms with Crippen molar-refractivity contribution >= 4 is 34.4 Å². The molecule has 0 aliphatic rings. The van der Waals surface area contributed by atoms with Gasteiger partial charge in [0.1, 0.15) is 6.07 Å². The van der Waals surface area contributed by atoms with E-state index in [4.69, 9.17) is 0 Å². The summed E-state index contributed by atoms with van der Waals surface area (Å²) in [6.07, 6.45) is 1.73. The minimum atomic E-state index is -0.0248. The van der Waals surface area contributed by atoms with E-state index >= 15 is 0 Å². The van der Waals surface area contributed by atoms with Crippen LogP contribution >= 0.6 is 11.9 Å². The van der Waals surface area contributed by atoms with Crippen LogP contribution in [0.2, 0.25) is 0 Å². The number of benzene rings is 2. The molecule has 126 valence electrons. The number of rotatable bonds is 4. The first-order chi connectivity index (χ1) is 12.0. The van der Waals surface area contributed by atoms with Crippen LogP contribution in [0.25, 0.3) is 10.9 Å². The molecule has 1 heterocycles. The summed E-state index contributed by atoms with van der Waals surface area (Å²) in [6, 6.07) is 13.7. The minimum absolute atomic E-state index is 0.0248. The summed E-state index contributed by atoms with van der Waals surface area (Å²) in [5, 5.41) is 10.2. The lowest BCUT2D eigenvalue weighted by Crippen LogP contribution is -2.21. The van der Waals surface area contributed by atoms with E-state index in [1.54, 1.807) is 31.3 Å². The van der Waals surface area contributed by atoms with Gasteiger partial charge < -0.3 is 14.6 Å². The summed E-state index contributed by atoms with van der Waals surface area (Å²) in [7, 11) is 3.48. The van der Waals surface area contributed by atoms with E-state index in [1.165, 1.54) is 11.9 Å². The molecule has 2 aromatic carbocycles. The molecule has 0 unspecified atom stereocenters. The SMILES string of the molecule is Cc1ccc(NSc2cccc(C(=O)N(C)C)c2)c2[nH]cc(C#N)c12. The van der Waals surface area contributed by atoms with E-state index in [9.17, 15) is 10.1 Å². The van der Waals surface area contributed by atoms with Crippen molar-refractivity contribution in [3.8, 4) is 6.07 Å². The van der Waals surface area contributed by atoms with E-state index in [2.05, 4.69) is 15.8 Å². The molecule has 0 aliphatic heterocycles. The predicted octanol–water partition coefficient (Wildman–Crippen LogP) is 4.17. The van der Waals surface area contributed by atoms with Gasteiger partial charge in [-0.05, 0) is 48.7 Å². The monoisotopic (exact) mass is 350 g/mol. The number of H-pyrrole nitrogens is 1. The van der Waals surface area contributed by atoms with Crippen molar-refractivity contribution in [3.63, 3.8) is 0 Å². The first-order valence-corrected chi connectivity index (χ1v) is 8.58. The quantitative estimate of drug-likeness (QED) is 0.693. The summed E-state index contributed by atoms with van der Waals surface area (Å²) in [5.41, 5.74) is 4.15. The van der Waals surface area contributed by atoms with Crippen LogP contribution in [-0.4, -0.2) is 29.9 Å². The van der Waals surface area contributed by atoms with Crippen molar-refractivity contribution < 1.29 is 4.79 Å². The zero-order valence-corrected chi connectivity index (χ0v) is 15.1. The molecule has 0 radical (unpaired) electrons. The van der Waals surface area contributed by atoms with E-state index in [-0.39, 0.29) is 5.91 Å². The van der Waals surface area contributed by atoms with Gasteiger partial charge in [0.2, 0.25) is 0 Å². The average Bonchev–Trinajstić information content (AvgIpc) is 3.06. The molecular formula is C19H18N4OS. The Bertz CT molecular complexity index is 985. The summed E-state index contributed by atoms with van der Waals surface area (Å²) < 4.78 is 3.32. The number of nitriles is 1. The number of amides is 1. The minimum Gasteiger partial charge on any atom is -0.358 e. The molecule has 1 aromatic heterocycles. The van der Waals surface area contributed by atoms with Crippen molar-refractivity contribution in [3.05, 3.63) is 59.3 Å². The van der Waals surface area contributed by atoms with Crippen molar-refractivity contribution in [1.29, 1.82) is 5.26 Å². The Kier molecular flexibility index (Phi) is 4.68. The smallest absolute Gasteiger partial charge is 0.253 e. The molecule has 0 saturated carbocycles. The number of hydrogen-bond donors (Lipinski definition) is 2. The van der Waals surface area contributed by atoms with Gasteiger partial charge in [-0.3, -0.25) is 4.79 Å². The molecule has 0 spiro atoms. The van der Waals surface area contributed by atoms with Crippen LogP contribution in [0, 0.1) is 18.3 Å². The van der Waals surface area contributed by atoms with Gasteiger partial charge in [0.05, 0.1) is 16.8 Å². The van der Waals surface area contributed by atoms with Gasteiger partial charge in [0, 0.05) is 36.1 Å². The van der Waals surface area contributed by atoms with E-state index in [0.29, 0.717) is 11.1 Å². The normalized spacial score (nSPS) is 10.5. The van der Waals surface area contributed by atoms with Gasteiger partial charge in [-0.2, -0.15) is 5.26 Å². The van der Waals surface area contributed by atoms with Gasteiger partial charge in [0.25, 0.3) is 5.91 Å². The Balaban J connectivity index is 1.86. The van der Waals surface area contributed by atoms with Gasteiger partial charge in [-0.15, -0.1) is 0 Å². The van der Waals surface area contributed by atoms with Crippen molar-refractivity contribution in [2.24, 2.45) is 0 Å². The summed E-state index contributed by atoms with van der Waals surface area (Å²) >= 11 is 1.43. The molecule has 0 bridgehead atoms. The number of carbonyl (C=O) groups excluding carboxylic acids is 1. The number of carbonyl (C=O) groups is 1. The average molecular weight is 350 g/mol. The van der Waals surface area contributed by atoms with Crippen LogP contribution in [0.1, 0.15) is 21.5 Å². The molecule has 0 fully saturated rings. The Hall–Kier alpha value is -2.91. The third kappa shape index (κ3) is 3.32. The number of fused-ring (bicyclic) bond motifs is 1. The van der Waals surface area contributed by atoms with Crippen LogP contribution in [-0.2, 0) is 0 Å². The fourth-order valence-electron chi connectivity index (χ4n) is 2.66. The molecule has 3 aromatic rings. The zero-order chi connectivity index (χ0) is 18.0. The highest BCUT2D eigenvalue weighted by Crippen LogP contribution is 2.31. The van der Waals surface area contributed by atoms with Crippen molar-refractivity contribution in [2.75, 3.05) is 18.8 Å². The maximum atomic E-state index is 12.1. The summed E-state index contributed by atoms with van der Waals surface area (Å²) in [6.45, 7) is 1.99. The number of nitrogens with zero attached hydrogens (tertiary/aromatic N) is 2. The number of anilines is 1. The van der Waals surface area contributed by atoms with Crippen LogP contribution in [0.15, 0.2) is 47.5 Å². The van der Waals surface area contributed by atoms with Gasteiger partial charge in [-0.25, -0.2) is 0 Å². The number of aryl methyl sites for hydroxylation is 1. The highest BCUT2D eigenvalue weighted by atomic mass is 32.2. The molecule has 25 heavy (non-hydrogen) atoms. The van der Waals surface area contributed by atoms with Crippen molar-refractivity contribution in [2.45, 2.75) is 11.8 Å². The highest BCUT2D eigenvalue weighted by Gasteiger charge is 2.11. The molecule has 0 saturated heterocycles. The molecular weight excluding hydrogens is 332 g/mol. The lowest BCUT2D eigenvalue weighted by atomic mass is 10.1. The van der Waals surface area contributed by atoms with Crippen LogP contribution in [0.3, 0.4) is 0 Å². The third-order valence-corrected chi connectivity index (χ3v) is 4.74. The second-order valence-electron chi connectivity index (χ2n) is 5.93. The van der Waals surface area contributed by atoms with Gasteiger partial charge in [-0.1, -0.05) is 12.1 Å². The molecule has 6 heteroatoms. The first-order valence-electron chi connectivity index (χ1n) is 7.76. The maximum Gasteiger partial charge on any atom is 0.253 e. The second kappa shape index (κ2) is 6.91. The van der Waals surface area contributed by atoms with E-state index < -0.39 is 0 Å². The van der Waals surface area contributed by atoms with Crippen LogP contribution in [0.5, 0.6) is 0 Å². The highest BCUT2D eigenvalue weighted by molar-refractivity contribution is 8.00. The Morgan fingerprint density at radius 2 is 2.08 bits per heavy atom. The Morgan fingerprint density at radius 1 is 1.28 bits per heavy atom. The number of nitrogens with one attached hydrogen (secondary N) is 2. The van der Waals surface area contributed by atoms with E-state index in [0.717, 1.165) is 27.0 Å². The zero-order valence-electron chi connectivity index (χ0n) is 14.3. The lowest BCUT2D eigenvalue weighted by Gasteiger charge is -2.12. The number of aromatic nitrogens is 1. The summed E-state index contributed by atoms with van der Waals surface area (Å²) in [5.74, 6) is -0.0248.